The lowest BCUT2D eigenvalue weighted by Gasteiger charge is -2.47. The van der Waals surface area contributed by atoms with Crippen LogP contribution in [-0.2, 0) is 0 Å². The average Bonchev–Trinajstić information content (AvgIpc) is 3.21. The van der Waals surface area contributed by atoms with Gasteiger partial charge in [-0.25, -0.2) is 4.98 Å². The molecule has 20 heavy (non-hydrogen) atoms. The van der Waals surface area contributed by atoms with Crippen LogP contribution in [0, 0.1) is 5.92 Å². The molecular formula is C16H21N3S. The van der Waals surface area contributed by atoms with Gasteiger partial charge in [0.1, 0.15) is 0 Å². The summed E-state index contributed by atoms with van der Waals surface area (Å²) in [4.78, 5) is 6.96. The maximum atomic E-state index is 4.38. The van der Waals surface area contributed by atoms with E-state index in [-0.39, 0.29) is 5.54 Å². The van der Waals surface area contributed by atoms with E-state index in [0.29, 0.717) is 6.04 Å². The summed E-state index contributed by atoms with van der Waals surface area (Å²) in [7, 11) is 0. The summed E-state index contributed by atoms with van der Waals surface area (Å²) < 4.78 is 1.29. The molecule has 0 amide bonds. The minimum absolute atomic E-state index is 0.287. The zero-order valence-corrected chi connectivity index (χ0v) is 12.9. The van der Waals surface area contributed by atoms with Crippen molar-refractivity contribution in [3.8, 4) is 0 Å². The fourth-order valence-corrected chi connectivity index (χ4v) is 4.13. The predicted molar refractivity (Wildman–Crippen MR) is 85.6 cm³/mol. The fourth-order valence-electron chi connectivity index (χ4n) is 3.42. The molecule has 2 unspecified atom stereocenters. The van der Waals surface area contributed by atoms with Crippen molar-refractivity contribution in [2.75, 3.05) is 18.0 Å². The Balaban J connectivity index is 1.67. The quantitative estimate of drug-likeness (QED) is 0.919. The third kappa shape index (κ3) is 2.02. The third-order valence-corrected chi connectivity index (χ3v) is 5.75. The number of rotatable bonds is 2. The molecule has 2 aromatic rings. The maximum absolute atomic E-state index is 4.38. The van der Waals surface area contributed by atoms with Crippen LogP contribution in [0.25, 0.3) is 10.2 Å². The Morgan fingerprint density at radius 3 is 3.05 bits per heavy atom. The first-order chi connectivity index (χ1) is 9.66. The van der Waals surface area contributed by atoms with Gasteiger partial charge in [-0.3, -0.25) is 0 Å². The van der Waals surface area contributed by atoms with E-state index in [0.717, 1.165) is 24.5 Å². The number of piperazine rings is 1. The lowest BCUT2D eigenvalue weighted by atomic mass is 9.91. The van der Waals surface area contributed by atoms with Crippen LogP contribution in [0.4, 0.5) is 5.69 Å². The van der Waals surface area contributed by atoms with E-state index in [1.165, 1.54) is 23.2 Å². The van der Waals surface area contributed by atoms with Crippen molar-refractivity contribution in [2.45, 2.75) is 38.3 Å². The van der Waals surface area contributed by atoms with E-state index < -0.39 is 0 Å². The van der Waals surface area contributed by atoms with Gasteiger partial charge in [0.2, 0.25) is 0 Å². The molecule has 0 radical (unpaired) electrons. The minimum atomic E-state index is 0.287. The Morgan fingerprint density at radius 2 is 2.25 bits per heavy atom. The molecule has 4 heteroatoms. The van der Waals surface area contributed by atoms with Gasteiger partial charge in [-0.2, -0.15) is 0 Å². The molecule has 2 heterocycles. The molecule has 1 aliphatic carbocycles. The van der Waals surface area contributed by atoms with Crippen LogP contribution >= 0.6 is 11.3 Å². The maximum Gasteiger partial charge on any atom is 0.0813 e. The molecule has 4 rings (SSSR count). The SMILES string of the molecule is CC1CNC(C)(C2CC2)CN1c1ccc2ncsc2c1. The van der Waals surface area contributed by atoms with Gasteiger partial charge in [0, 0.05) is 30.4 Å². The molecule has 1 saturated carbocycles. The van der Waals surface area contributed by atoms with Crippen molar-refractivity contribution in [1.29, 1.82) is 0 Å². The molecule has 3 nitrogen and oxygen atoms in total. The number of fused-ring (bicyclic) bond motifs is 1. The Labute approximate surface area is 124 Å². The second-order valence-electron chi connectivity index (χ2n) is 6.55. The predicted octanol–water partition coefficient (Wildman–Crippen LogP) is 3.26. The fraction of sp³-hybridized carbons (Fsp3) is 0.562. The van der Waals surface area contributed by atoms with Gasteiger partial charge >= 0.3 is 0 Å². The van der Waals surface area contributed by atoms with E-state index in [4.69, 9.17) is 0 Å². The highest BCUT2D eigenvalue weighted by Crippen LogP contribution is 2.42. The normalized spacial score (nSPS) is 30.9. The Bertz CT molecular complexity index is 633. The molecule has 1 aliphatic heterocycles. The van der Waals surface area contributed by atoms with Gasteiger partial charge < -0.3 is 10.2 Å². The van der Waals surface area contributed by atoms with Gasteiger partial charge in [-0.05, 0) is 50.8 Å². The van der Waals surface area contributed by atoms with Crippen molar-refractivity contribution in [1.82, 2.24) is 10.3 Å². The summed E-state index contributed by atoms with van der Waals surface area (Å²) >= 11 is 1.73. The van der Waals surface area contributed by atoms with Gasteiger partial charge in [-0.15, -0.1) is 11.3 Å². The molecule has 0 spiro atoms. The molecule has 1 saturated heterocycles. The zero-order chi connectivity index (χ0) is 13.7. The largest absolute Gasteiger partial charge is 0.366 e. The number of hydrogen-bond acceptors (Lipinski definition) is 4. The first kappa shape index (κ1) is 12.6. The Hall–Kier alpha value is -1.13. The third-order valence-electron chi connectivity index (χ3n) is 4.96. The standard InChI is InChI=1S/C16H21N3S/c1-11-8-18-16(2,12-3-4-12)9-19(11)13-5-6-14-15(7-13)20-10-17-14/h5-7,10-12,18H,3-4,8-9H2,1-2H3. The second-order valence-corrected chi connectivity index (χ2v) is 7.44. The van der Waals surface area contributed by atoms with Crippen LogP contribution in [-0.4, -0.2) is 29.7 Å². The molecule has 0 bridgehead atoms. The van der Waals surface area contributed by atoms with Crippen molar-refractivity contribution < 1.29 is 0 Å². The lowest BCUT2D eigenvalue weighted by molar-refractivity contribution is 0.261. The summed E-state index contributed by atoms with van der Waals surface area (Å²) in [6.45, 7) is 6.90. The topological polar surface area (TPSA) is 28.2 Å². The monoisotopic (exact) mass is 287 g/mol. The van der Waals surface area contributed by atoms with Crippen molar-refractivity contribution in [2.24, 2.45) is 5.92 Å². The molecule has 1 aromatic carbocycles. The number of anilines is 1. The van der Waals surface area contributed by atoms with Crippen LogP contribution < -0.4 is 10.2 Å². The zero-order valence-electron chi connectivity index (χ0n) is 12.1. The van der Waals surface area contributed by atoms with Crippen molar-refractivity contribution >= 4 is 27.2 Å². The van der Waals surface area contributed by atoms with Crippen LogP contribution in [0.2, 0.25) is 0 Å². The number of nitrogens with zero attached hydrogens (tertiary/aromatic N) is 2. The molecule has 2 fully saturated rings. The summed E-state index contributed by atoms with van der Waals surface area (Å²) in [6.07, 6.45) is 2.78. The average molecular weight is 287 g/mol. The first-order valence-corrected chi connectivity index (χ1v) is 8.39. The number of hydrogen-bond donors (Lipinski definition) is 1. The van der Waals surface area contributed by atoms with Crippen LogP contribution in [0.15, 0.2) is 23.7 Å². The summed E-state index contributed by atoms with van der Waals surface area (Å²) in [6, 6.07) is 7.25. The summed E-state index contributed by atoms with van der Waals surface area (Å²) in [5.74, 6) is 0.865. The van der Waals surface area contributed by atoms with E-state index in [1.54, 1.807) is 11.3 Å². The molecule has 1 N–H and O–H groups in total. The molecule has 106 valence electrons. The molecule has 2 aliphatic rings. The highest BCUT2D eigenvalue weighted by atomic mass is 32.1. The first-order valence-electron chi connectivity index (χ1n) is 7.51. The summed E-state index contributed by atoms with van der Waals surface area (Å²) in [5.41, 5.74) is 4.69. The number of aromatic nitrogens is 1. The smallest absolute Gasteiger partial charge is 0.0813 e. The number of benzene rings is 1. The molecule has 1 aromatic heterocycles. The summed E-state index contributed by atoms with van der Waals surface area (Å²) in [5, 5.41) is 3.79. The molecular weight excluding hydrogens is 266 g/mol. The van der Waals surface area contributed by atoms with Crippen LogP contribution in [0.1, 0.15) is 26.7 Å². The van der Waals surface area contributed by atoms with E-state index in [9.17, 15) is 0 Å². The van der Waals surface area contributed by atoms with Gasteiger partial charge in [-0.1, -0.05) is 0 Å². The Morgan fingerprint density at radius 1 is 1.40 bits per heavy atom. The minimum Gasteiger partial charge on any atom is -0.366 e. The molecule has 2 atom stereocenters. The van der Waals surface area contributed by atoms with Gasteiger partial charge in [0.05, 0.1) is 15.7 Å². The van der Waals surface area contributed by atoms with Gasteiger partial charge in [0.25, 0.3) is 0 Å². The lowest BCUT2D eigenvalue weighted by Crippen LogP contribution is -2.63. The second kappa shape index (κ2) is 4.43. The van der Waals surface area contributed by atoms with Crippen LogP contribution in [0.3, 0.4) is 0 Å². The van der Waals surface area contributed by atoms with Gasteiger partial charge in [0.15, 0.2) is 0 Å². The number of nitrogens with one attached hydrogen (secondary N) is 1. The van der Waals surface area contributed by atoms with Crippen molar-refractivity contribution in [3.05, 3.63) is 23.7 Å². The highest BCUT2D eigenvalue weighted by Gasteiger charge is 2.45. The van der Waals surface area contributed by atoms with Crippen molar-refractivity contribution in [3.63, 3.8) is 0 Å². The van der Waals surface area contributed by atoms with E-state index in [2.05, 4.69) is 47.2 Å². The van der Waals surface area contributed by atoms with E-state index >= 15 is 0 Å². The van der Waals surface area contributed by atoms with Crippen LogP contribution in [0.5, 0.6) is 0 Å². The Kier molecular flexibility index (Phi) is 2.79. The van der Waals surface area contributed by atoms with E-state index in [1.807, 2.05) is 5.51 Å². The number of thiazole rings is 1. The highest BCUT2D eigenvalue weighted by molar-refractivity contribution is 7.16.